The van der Waals surface area contributed by atoms with Crippen molar-refractivity contribution in [3.05, 3.63) is 36.0 Å². The van der Waals surface area contributed by atoms with Crippen LogP contribution in [-0.4, -0.2) is 32.8 Å². The zero-order valence-electron chi connectivity index (χ0n) is 11.6. The molecule has 2 N–H and O–H groups in total. The third-order valence-corrected chi connectivity index (χ3v) is 2.74. The average Bonchev–Trinajstić information content (AvgIpc) is 2.43. The summed E-state index contributed by atoms with van der Waals surface area (Å²) < 4.78 is 5.46. The number of phenolic OH excluding ortho intramolecular Hbond substituents is 1. The van der Waals surface area contributed by atoms with Crippen molar-refractivity contribution in [2.45, 2.75) is 19.8 Å². The number of benzene rings is 1. The summed E-state index contributed by atoms with van der Waals surface area (Å²) in [4.78, 5) is 19.0. The van der Waals surface area contributed by atoms with E-state index in [2.05, 4.69) is 9.97 Å². The van der Waals surface area contributed by atoms with Crippen LogP contribution in [0.5, 0.6) is 11.6 Å². The van der Waals surface area contributed by atoms with Crippen LogP contribution in [0.3, 0.4) is 0 Å². The molecule has 0 saturated carbocycles. The number of aromatic nitrogens is 2. The number of hydrogen-bond acceptors (Lipinski definition) is 5. The molecule has 1 heterocycles. The van der Waals surface area contributed by atoms with E-state index in [9.17, 15) is 9.90 Å². The topological polar surface area (TPSA) is 92.5 Å². The second-order valence-corrected chi connectivity index (χ2v) is 4.56. The van der Waals surface area contributed by atoms with Gasteiger partial charge in [-0.05, 0) is 37.6 Å². The first-order chi connectivity index (χ1) is 10.0. The summed E-state index contributed by atoms with van der Waals surface area (Å²) in [6.45, 7) is 2.12. The maximum absolute atomic E-state index is 10.4. The number of phenols is 1. The molecule has 6 nitrogen and oxygen atoms in total. The van der Waals surface area contributed by atoms with Crippen LogP contribution in [-0.2, 0) is 4.79 Å². The zero-order chi connectivity index (χ0) is 15.2. The summed E-state index contributed by atoms with van der Waals surface area (Å²) in [6, 6.07) is 8.27. The van der Waals surface area contributed by atoms with E-state index in [1.807, 2.05) is 6.92 Å². The molecule has 1 aromatic carbocycles. The minimum atomic E-state index is -0.845. The highest BCUT2D eigenvalue weighted by molar-refractivity contribution is 5.66. The Balaban J connectivity index is 2.10. The van der Waals surface area contributed by atoms with Gasteiger partial charge in [0.2, 0.25) is 5.88 Å². The highest BCUT2D eigenvalue weighted by Crippen LogP contribution is 2.21. The molecule has 0 aliphatic heterocycles. The van der Waals surface area contributed by atoms with Crippen molar-refractivity contribution >= 4 is 5.97 Å². The Bertz CT molecular complexity index is 626. The Morgan fingerprint density at radius 3 is 2.62 bits per heavy atom. The largest absolute Gasteiger partial charge is 0.508 e. The van der Waals surface area contributed by atoms with Crippen LogP contribution in [0, 0.1) is 6.92 Å². The number of aromatic hydroxyl groups is 1. The smallest absolute Gasteiger partial charge is 0.303 e. The van der Waals surface area contributed by atoms with Gasteiger partial charge in [0.1, 0.15) is 5.75 Å². The van der Waals surface area contributed by atoms with Crippen molar-refractivity contribution in [2.24, 2.45) is 0 Å². The van der Waals surface area contributed by atoms with Gasteiger partial charge < -0.3 is 14.9 Å². The highest BCUT2D eigenvalue weighted by Gasteiger charge is 2.06. The predicted molar refractivity (Wildman–Crippen MR) is 76.2 cm³/mol. The second kappa shape index (κ2) is 6.69. The van der Waals surface area contributed by atoms with Gasteiger partial charge in [0.25, 0.3) is 0 Å². The van der Waals surface area contributed by atoms with E-state index in [1.165, 1.54) is 0 Å². The molecular weight excluding hydrogens is 272 g/mol. The first-order valence-corrected chi connectivity index (χ1v) is 6.54. The van der Waals surface area contributed by atoms with Crippen molar-refractivity contribution in [3.63, 3.8) is 0 Å². The zero-order valence-corrected chi connectivity index (χ0v) is 11.6. The number of carboxylic acids is 1. The van der Waals surface area contributed by atoms with Crippen LogP contribution in [0.4, 0.5) is 0 Å². The summed E-state index contributed by atoms with van der Waals surface area (Å²) in [5, 5.41) is 17.9. The fourth-order valence-electron chi connectivity index (χ4n) is 1.75. The normalized spacial score (nSPS) is 10.3. The maximum Gasteiger partial charge on any atom is 0.303 e. The van der Waals surface area contributed by atoms with Gasteiger partial charge >= 0.3 is 5.97 Å². The summed E-state index contributed by atoms with van der Waals surface area (Å²) in [7, 11) is 0. The molecule has 0 amide bonds. The number of rotatable bonds is 6. The molecule has 2 rings (SSSR count). The minimum absolute atomic E-state index is 0.0644. The van der Waals surface area contributed by atoms with E-state index in [0.717, 1.165) is 11.3 Å². The van der Waals surface area contributed by atoms with Gasteiger partial charge in [-0.2, -0.15) is 4.98 Å². The maximum atomic E-state index is 10.4. The number of nitrogens with zero attached hydrogens (tertiary/aromatic N) is 2. The molecule has 2 aromatic rings. The molecular formula is C15H16N2O4. The number of carboxylic acid groups (broad SMARTS) is 1. The van der Waals surface area contributed by atoms with Gasteiger partial charge in [-0.15, -0.1) is 0 Å². The Kier molecular flexibility index (Phi) is 4.71. The van der Waals surface area contributed by atoms with Crippen LogP contribution >= 0.6 is 0 Å². The Labute approximate surface area is 122 Å². The summed E-state index contributed by atoms with van der Waals surface area (Å²) in [6.07, 6.45) is 0.488. The Morgan fingerprint density at radius 2 is 1.95 bits per heavy atom. The molecule has 6 heteroatoms. The lowest BCUT2D eigenvalue weighted by Crippen LogP contribution is -2.04. The van der Waals surface area contributed by atoms with E-state index in [4.69, 9.17) is 9.84 Å². The lowest BCUT2D eigenvalue weighted by Gasteiger charge is -2.08. The molecule has 1 aromatic heterocycles. The molecule has 0 bridgehead atoms. The average molecular weight is 288 g/mol. The number of hydrogen-bond donors (Lipinski definition) is 2. The van der Waals surface area contributed by atoms with Crippen LogP contribution < -0.4 is 4.74 Å². The minimum Gasteiger partial charge on any atom is -0.508 e. The van der Waals surface area contributed by atoms with E-state index < -0.39 is 5.97 Å². The third kappa shape index (κ3) is 4.45. The van der Waals surface area contributed by atoms with Crippen LogP contribution in [0.15, 0.2) is 30.3 Å². The summed E-state index contributed by atoms with van der Waals surface area (Å²) in [5.74, 6) is 0.248. The third-order valence-electron chi connectivity index (χ3n) is 2.74. The second-order valence-electron chi connectivity index (χ2n) is 4.56. The molecule has 0 aliphatic rings. The lowest BCUT2D eigenvalue weighted by atomic mass is 10.2. The van der Waals surface area contributed by atoms with Crippen molar-refractivity contribution < 1.29 is 19.7 Å². The van der Waals surface area contributed by atoms with E-state index in [0.29, 0.717) is 18.1 Å². The van der Waals surface area contributed by atoms with Crippen molar-refractivity contribution in [2.75, 3.05) is 6.61 Å². The SMILES string of the molecule is Cc1cc(OCCCC(=O)O)nc(-c2ccc(O)cc2)n1. The van der Waals surface area contributed by atoms with E-state index in [1.54, 1.807) is 30.3 Å². The number of carbonyl (C=O) groups is 1. The van der Waals surface area contributed by atoms with Crippen molar-refractivity contribution in [3.8, 4) is 23.0 Å². The quantitative estimate of drug-likeness (QED) is 0.793. The molecule has 0 spiro atoms. The van der Waals surface area contributed by atoms with Gasteiger partial charge in [0.05, 0.1) is 6.61 Å². The van der Waals surface area contributed by atoms with Gasteiger partial charge in [0.15, 0.2) is 5.82 Å². The van der Waals surface area contributed by atoms with Crippen LogP contribution in [0.1, 0.15) is 18.5 Å². The first kappa shape index (κ1) is 14.8. The molecule has 0 saturated heterocycles. The van der Waals surface area contributed by atoms with Gasteiger partial charge in [0, 0.05) is 23.7 Å². The van der Waals surface area contributed by atoms with Crippen molar-refractivity contribution in [1.29, 1.82) is 0 Å². The number of aryl methyl sites for hydroxylation is 1. The monoisotopic (exact) mass is 288 g/mol. The van der Waals surface area contributed by atoms with Crippen LogP contribution in [0.25, 0.3) is 11.4 Å². The fourth-order valence-corrected chi connectivity index (χ4v) is 1.75. The molecule has 0 aliphatic carbocycles. The molecule has 21 heavy (non-hydrogen) atoms. The Hall–Kier alpha value is -2.63. The molecule has 0 unspecified atom stereocenters. The summed E-state index contributed by atoms with van der Waals surface area (Å²) >= 11 is 0. The summed E-state index contributed by atoms with van der Waals surface area (Å²) in [5.41, 5.74) is 1.52. The van der Waals surface area contributed by atoms with Gasteiger partial charge in [-0.25, -0.2) is 4.98 Å². The number of ether oxygens (including phenoxy) is 1. The fraction of sp³-hybridized carbons (Fsp3) is 0.267. The molecule has 0 radical (unpaired) electrons. The van der Waals surface area contributed by atoms with Crippen LogP contribution in [0.2, 0.25) is 0 Å². The van der Waals surface area contributed by atoms with Gasteiger partial charge in [-0.3, -0.25) is 4.79 Å². The molecule has 0 fully saturated rings. The van der Waals surface area contributed by atoms with E-state index in [-0.39, 0.29) is 18.8 Å². The molecule has 110 valence electrons. The lowest BCUT2D eigenvalue weighted by molar-refractivity contribution is -0.137. The van der Waals surface area contributed by atoms with Crippen molar-refractivity contribution in [1.82, 2.24) is 9.97 Å². The van der Waals surface area contributed by atoms with Gasteiger partial charge in [-0.1, -0.05) is 0 Å². The highest BCUT2D eigenvalue weighted by atomic mass is 16.5. The standard InChI is InChI=1S/C15H16N2O4/c1-10-9-13(21-8-2-3-14(19)20)17-15(16-10)11-4-6-12(18)7-5-11/h4-7,9,18H,2-3,8H2,1H3,(H,19,20). The predicted octanol–water partition coefficient (Wildman–Crippen LogP) is 2.40. The Morgan fingerprint density at radius 1 is 1.24 bits per heavy atom. The number of aliphatic carboxylic acids is 1. The first-order valence-electron chi connectivity index (χ1n) is 6.54. The molecule has 0 atom stereocenters. The van der Waals surface area contributed by atoms with E-state index >= 15 is 0 Å².